The van der Waals surface area contributed by atoms with Gasteiger partial charge in [0, 0.05) is 6.42 Å². The molecule has 1 saturated carbocycles. The van der Waals surface area contributed by atoms with Crippen molar-refractivity contribution in [1.29, 1.82) is 0 Å². The highest BCUT2D eigenvalue weighted by Crippen LogP contribution is 2.49. The maximum atomic E-state index is 11.9. The van der Waals surface area contributed by atoms with Gasteiger partial charge in [-0.1, -0.05) is 25.2 Å². The van der Waals surface area contributed by atoms with Crippen LogP contribution in [0.3, 0.4) is 0 Å². The Bertz CT molecular complexity index is 365. The zero-order valence-corrected chi connectivity index (χ0v) is 16.2. The normalized spacial score (nSPS) is 21.2. The van der Waals surface area contributed by atoms with Crippen molar-refractivity contribution in [1.82, 2.24) is 0 Å². The van der Waals surface area contributed by atoms with E-state index >= 15 is 0 Å². The zero-order valence-electron chi connectivity index (χ0n) is 14.4. The molecule has 3 nitrogen and oxygen atoms in total. The van der Waals surface area contributed by atoms with Crippen LogP contribution >= 0.6 is 0 Å². The molecule has 0 radical (unpaired) electrons. The smallest absolute Gasteiger partial charge is 0.192 e. The molecule has 0 amide bonds. The van der Waals surface area contributed by atoms with Gasteiger partial charge in [-0.05, 0) is 51.7 Å². The molecule has 0 aliphatic heterocycles. The van der Waals surface area contributed by atoms with E-state index < -0.39 is 19.7 Å². The van der Waals surface area contributed by atoms with Gasteiger partial charge in [0.1, 0.15) is 16.1 Å². The van der Waals surface area contributed by atoms with Gasteiger partial charge in [0.05, 0.1) is 11.8 Å². The van der Waals surface area contributed by atoms with Crippen LogP contribution < -0.4 is 0 Å². The van der Waals surface area contributed by atoms with E-state index in [1.54, 1.807) is 0 Å². The third-order valence-corrected chi connectivity index (χ3v) is 10.2. The maximum Gasteiger partial charge on any atom is 0.192 e. The number of nitrogens with zero attached hydrogens (tertiary/aromatic N) is 1. The Morgan fingerprint density at radius 2 is 1.70 bits per heavy atom. The van der Waals surface area contributed by atoms with Gasteiger partial charge in [-0.25, -0.2) is 0 Å². The van der Waals surface area contributed by atoms with Crippen molar-refractivity contribution in [3.05, 3.63) is 0 Å². The summed E-state index contributed by atoms with van der Waals surface area (Å²) in [4.78, 5) is 0. The monoisotopic (exact) mass is 317 g/mol. The summed E-state index contributed by atoms with van der Waals surface area (Å²) < 4.78 is 22.3. The van der Waals surface area contributed by atoms with Crippen molar-refractivity contribution in [3.8, 4) is 0 Å². The Kier molecular flexibility index (Phi) is 5.23. The van der Waals surface area contributed by atoms with E-state index in [0.29, 0.717) is 0 Å². The van der Waals surface area contributed by atoms with Crippen molar-refractivity contribution in [2.45, 2.75) is 89.3 Å². The fourth-order valence-corrected chi connectivity index (χ4v) is 3.81. The van der Waals surface area contributed by atoms with E-state index in [1.807, 2.05) is 27.0 Å². The summed E-state index contributed by atoms with van der Waals surface area (Å²) in [6, 6.07) is 0. The molecule has 0 spiro atoms. The van der Waals surface area contributed by atoms with Gasteiger partial charge in [-0.15, -0.1) is 0 Å². The van der Waals surface area contributed by atoms with Crippen LogP contribution in [0, 0.1) is 0 Å². The molecule has 0 saturated heterocycles. The highest BCUT2D eigenvalue weighted by Gasteiger charge is 2.50. The van der Waals surface area contributed by atoms with Gasteiger partial charge in [-0.3, -0.25) is 0 Å². The highest BCUT2D eigenvalue weighted by molar-refractivity contribution is 7.91. The quantitative estimate of drug-likeness (QED) is 0.427. The summed E-state index contributed by atoms with van der Waals surface area (Å²) >= 11 is -1.16. The highest BCUT2D eigenvalue weighted by atomic mass is 32.2. The maximum absolute atomic E-state index is 11.9. The molecule has 1 fully saturated rings. The standard InChI is InChI=1S/C15H31NO2SSi/c1-13(2,3)19(17)16-12-11-15(9-10-15)18-20(7,8)14(4,5)6/h12H,9-11H2,1-8H3. The minimum atomic E-state index is -1.73. The third-order valence-electron chi connectivity index (χ3n) is 4.24. The predicted molar refractivity (Wildman–Crippen MR) is 91.3 cm³/mol. The molecule has 5 heteroatoms. The van der Waals surface area contributed by atoms with Gasteiger partial charge >= 0.3 is 0 Å². The summed E-state index contributed by atoms with van der Waals surface area (Å²) in [5, 5.41) is 0.230. The minimum absolute atomic E-state index is 0.0193. The second-order valence-corrected chi connectivity index (χ2v) is 15.1. The molecular weight excluding hydrogens is 286 g/mol. The second kappa shape index (κ2) is 5.74. The largest absolute Gasteiger partial charge is 0.591 e. The molecule has 0 bridgehead atoms. The Labute approximate surface area is 129 Å². The Morgan fingerprint density at radius 1 is 1.20 bits per heavy atom. The van der Waals surface area contributed by atoms with Crippen LogP contribution in [-0.2, 0) is 15.8 Å². The van der Waals surface area contributed by atoms with Crippen LogP contribution in [0.15, 0.2) is 4.40 Å². The Balaban J connectivity index is 2.59. The fraction of sp³-hybridized carbons (Fsp3) is 0.933. The van der Waals surface area contributed by atoms with E-state index in [1.165, 1.54) is 0 Å². The van der Waals surface area contributed by atoms with Gasteiger partial charge in [0.25, 0.3) is 0 Å². The average Bonchev–Trinajstić information content (AvgIpc) is 2.93. The molecule has 1 rings (SSSR count). The Hall–Kier alpha value is 0.157. The first-order valence-electron chi connectivity index (χ1n) is 7.44. The molecule has 20 heavy (non-hydrogen) atoms. The van der Waals surface area contributed by atoms with Gasteiger partial charge < -0.3 is 8.98 Å². The lowest BCUT2D eigenvalue weighted by Crippen LogP contribution is -2.44. The fourth-order valence-electron chi connectivity index (χ4n) is 1.61. The first-order chi connectivity index (χ1) is 8.79. The molecule has 1 unspecified atom stereocenters. The number of rotatable bonds is 5. The van der Waals surface area contributed by atoms with Gasteiger partial charge in [0.15, 0.2) is 8.32 Å². The number of hydrogen-bond donors (Lipinski definition) is 0. The van der Waals surface area contributed by atoms with Crippen molar-refractivity contribution in [3.63, 3.8) is 0 Å². The van der Waals surface area contributed by atoms with Crippen molar-refractivity contribution in [2.24, 2.45) is 4.40 Å². The van der Waals surface area contributed by atoms with Crippen LogP contribution in [-0.4, -0.2) is 29.4 Å². The van der Waals surface area contributed by atoms with Crippen LogP contribution in [0.5, 0.6) is 0 Å². The summed E-state index contributed by atoms with van der Waals surface area (Å²) in [6.07, 6.45) is 4.82. The molecule has 0 heterocycles. The molecule has 118 valence electrons. The van der Waals surface area contributed by atoms with E-state index in [0.717, 1.165) is 19.3 Å². The lowest BCUT2D eigenvalue weighted by Gasteiger charge is -2.39. The average molecular weight is 318 g/mol. The van der Waals surface area contributed by atoms with Crippen LogP contribution in [0.2, 0.25) is 18.1 Å². The SMILES string of the molecule is CC(C)(C)[S+]([O-])N=CCC1(O[Si](C)(C)C(C)(C)C)CC1. The second-order valence-electron chi connectivity index (χ2n) is 8.40. The first-order valence-corrected chi connectivity index (χ1v) is 11.5. The van der Waals surface area contributed by atoms with Crippen LogP contribution in [0.1, 0.15) is 60.8 Å². The van der Waals surface area contributed by atoms with Gasteiger partial charge in [0.2, 0.25) is 0 Å². The lowest BCUT2D eigenvalue weighted by atomic mass is 10.2. The van der Waals surface area contributed by atoms with Crippen molar-refractivity contribution < 1.29 is 8.98 Å². The zero-order chi connectivity index (χ0) is 15.8. The molecular formula is C15H31NO2SSi. The lowest BCUT2D eigenvalue weighted by molar-refractivity contribution is 0.167. The van der Waals surface area contributed by atoms with E-state index in [9.17, 15) is 4.55 Å². The molecule has 1 aliphatic rings. The Morgan fingerprint density at radius 3 is 2.05 bits per heavy atom. The van der Waals surface area contributed by atoms with E-state index in [4.69, 9.17) is 4.43 Å². The van der Waals surface area contributed by atoms with Crippen molar-refractivity contribution >= 4 is 25.9 Å². The first kappa shape index (κ1) is 18.2. The summed E-state index contributed by atoms with van der Waals surface area (Å²) in [7, 11) is -1.73. The summed E-state index contributed by atoms with van der Waals surface area (Å²) in [6.45, 7) is 17.2. The number of hydrogen-bond acceptors (Lipinski definition) is 3. The van der Waals surface area contributed by atoms with Crippen molar-refractivity contribution in [2.75, 3.05) is 0 Å². The summed E-state index contributed by atoms with van der Waals surface area (Å²) in [5.74, 6) is 0. The van der Waals surface area contributed by atoms with E-state index in [-0.39, 0.29) is 15.4 Å². The molecule has 1 aliphatic carbocycles. The molecule has 0 aromatic rings. The summed E-state index contributed by atoms with van der Waals surface area (Å²) in [5.41, 5.74) is -0.0193. The van der Waals surface area contributed by atoms with Gasteiger partial charge in [-0.2, -0.15) is 0 Å². The molecule has 1 atom stereocenters. The molecule has 0 N–H and O–H groups in total. The van der Waals surface area contributed by atoms with Crippen LogP contribution in [0.25, 0.3) is 0 Å². The topological polar surface area (TPSA) is 44.7 Å². The predicted octanol–water partition coefficient (Wildman–Crippen LogP) is 4.46. The van der Waals surface area contributed by atoms with E-state index in [2.05, 4.69) is 38.3 Å². The molecule has 0 aromatic carbocycles. The third kappa shape index (κ3) is 4.86. The van der Waals surface area contributed by atoms with Crippen LogP contribution in [0.4, 0.5) is 0 Å². The molecule has 0 aromatic heterocycles. The minimum Gasteiger partial charge on any atom is -0.591 e.